The van der Waals surface area contributed by atoms with Gasteiger partial charge in [0.05, 0.1) is 5.02 Å². The van der Waals surface area contributed by atoms with Crippen molar-refractivity contribution in [2.75, 3.05) is 19.6 Å². The maximum atomic E-state index is 12.3. The number of hydrogen-bond donors (Lipinski definition) is 2. The molecule has 2 rings (SSSR count). The molecule has 1 saturated heterocycles. The number of nitrogens with one attached hydrogen (secondary N) is 2. The van der Waals surface area contributed by atoms with Gasteiger partial charge in [0.1, 0.15) is 4.90 Å². The van der Waals surface area contributed by atoms with Gasteiger partial charge in [0, 0.05) is 11.6 Å². The Morgan fingerprint density at radius 3 is 2.48 bits per heavy atom. The molecular formula is C13H19Cl3N2O2S. The van der Waals surface area contributed by atoms with E-state index in [1.807, 2.05) is 0 Å². The van der Waals surface area contributed by atoms with Crippen molar-refractivity contribution in [1.29, 1.82) is 0 Å². The molecule has 21 heavy (non-hydrogen) atoms. The highest BCUT2D eigenvalue weighted by atomic mass is 35.5. The van der Waals surface area contributed by atoms with Crippen molar-refractivity contribution in [2.24, 2.45) is 5.41 Å². The van der Waals surface area contributed by atoms with Crippen molar-refractivity contribution in [3.05, 3.63) is 28.2 Å². The Morgan fingerprint density at radius 1 is 1.29 bits per heavy atom. The zero-order valence-corrected chi connectivity index (χ0v) is 14.8. The minimum Gasteiger partial charge on any atom is -0.317 e. The molecular weight excluding hydrogens is 355 g/mol. The normalized spacial score (nSPS) is 18.0. The van der Waals surface area contributed by atoms with E-state index < -0.39 is 10.0 Å². The summed E-state index contributed by atoms with van der Waals surface area (Å²) in [6.07, 6.45) is 1.90. The predicted molar refractivity (Wildman–Crippen MR) is 89.1 cm³/mol. The van der Waals surface area contributed by atoms with Gasteiger partial charge >= 0.3 is 0 Å². The van der Waals surface area contributed by atoms with Gasteiger partial charge in [-0.05, 0) is 49.5 Å². The van der Waals surface area contributed by atoms with Gasteiger partial charge in [0.25, 0.3) is 0 Å². The summed E-state index contributed by atoms with van der Waals surface area (Å²) in [6.45, 7) is 4.34. The molecule has 1 aliphatic heterocycles. The fourth-order valence-electron chi connectivity index (χ4n) is 2.25. The van der Waals surface area contributed by atoms with E-state index in [2.05, 4.69) is 17.0 Å². The highest BCUT2D eigenvalue weighted by Gasteiger charge is 2.29. The van der Waals surface area contributed by atoms with E-state index >= 15 is 0 Å². The van der Waals surface area contributed by atoms with Crippen LogP contribution >= 0.6 is 35.6 Å². The lowest BCUT2D eigenvalue weighted by molar-refractivity contribution is 0.232. The number of rotatable bonds is 4. The van der Waals surface area contributed by atoms with E-state index in [0.29, 0.717) is 11.6 Å². The molecule has 8 heteroatoms. The van der Waals surface area contributed by atoms with Gasteiger partial charge < -0.3 is 5.32 Å². The second-order valence-electron chi connectivity index (χ2n) is 5.46. The van der Waals surface area contributed by atoms with E-state index in [4.69, 9.17) is 23.2 Å². The molecule has 0 radical (unpaired) electrons. The molecule has 0 amide bonds. The van der Waals surface area contributed by atoms with E-state index in [-0.39, 0.29) is 27.7 Å². The molecule has 0 bridgehead atoms. The van der Waals surface area contributed by atoms with E-state index in [1.54, 1.807) is 0 Å². The van der Waals surface area contributed by atoms with Gasteiger partial charge in [0.2, 0.25) is 10.0 Å². The van der Waals surface area contributed by atoms with Crippen LogP contribution in [-0.4, -0.2) is 28.1 Å². The van der Waals surface area contributed by atoms with Gasteiger partial charge in [-0.15, -0.1) is 12.4 Å². The number of hydrogen-bond acceptors (Lipinski definition) is 3. The molecule has 1 aromatic rings. The molecule has 2 N–H and O–H groups in total. The fourth-order valence-corrected chi connectivity index (χ4v) is 4.22. The Morgan fingerprint density at radius 2 is 1.90 bits per heavy atom. The number of halogens is 3. The molecule has 1 heterocycles. The molecule has 0 atom stereocenters. The van der Waals surface area contributed by atoms with E-state index in [9.17, 15) is 8.42 Å². The molecule has 1 aromatic carbocycles. The highest BCUT2D eigenvalue weighted by molar-refractivity contribution is 7.89. The van der Waals surface area contributed by atoms with Crippen LogP contribution in [0.1, 0.15) is 19.8 Å². The predicted octanol–water partition coefficient (Wildman–Crippen LogP) is 3.08. The van der Waals surface area contributed by atoms with Crippen LogP contribution in [-0.2, 0) is 10.0 Å². The molecule has 120 valence electrons. The molecule has 0 aromatic heterocycles. The van der Waals surface area contributed by atoms with Gasteiger partial charge in [-0.3, -0.25) is 0 Å². The minimum atomic E-state index is -3.61. The first-order valence-corrected chi connectivity index (χ1v) is 8.72. The summed E-state index contributed by atoms with van der Waals surface area (Å²) < 4.78 is 27.3. The van der Waals surface area contributed by atoms with E-state index in [0.717, 1.165) is 25.9 Å². The first-order valence-electron chi connectivity index (χ1n) is 6.48. The molecule has 4 nitrogen and oxygen atoms in total. The van der Waals surface area contributed by atoms with Crippen molar-refractivity contribution in [1.82, 2.24) is 10.0 Å². The van der Waals surface area contributed by atoms with Crippen molar-refractivity contribution < 1.29 is 8.42 Å². The average molecular weight is 374 g/mol. The van der Waals surface area contributed by atoms with Gasteiger partial charge in [-0.25, -0.2) is 13.1 Å². The third-order valence-corrected chi connectivity index (χ3v) is 5.80. The van der Waals surface area contributed by atoms with Crippen molar-refractivity contribution in [3.8, 4) is 0 Å². The molecule has 0 aliphatic carbocycles. The number of piperidine rings is 1. The van der Waals surface area contributed by atoms with Crippen LogP contribution in [0, 0.1) is 5.41 Å². The largest absolute Gasteiger partial charge is 0.317 e. The van der Waals surface area contributed by atoms with Gasteiger partial charge in [-0.1, -0.05) is 30.1 Å². The Hall–Kier alpha value is -0.0400. The zero-order valence-electron chi connectivity index (χ0n) is 11.7. The number of benzene rings is 1. The van der Waals surface area contributed by atoms with Crippen molar-refractivity contribution in [3.63, 3.8) is 0 Å². The van der Waals surface area contributed by atoms with E-state index in [1.165, 1.54) is 18.2 Å². The summed E-state index contributed by atoms with van der Waals surface area (Å²) in [6, 6.07) is 4.38. The summed E-state index contributed by atoms with van der Waals surface area (Å²) in [7, 11) is -3.61. The molecule has 0 spiro atoms. The highest BCUT2D eigenvalue weighted by Crippen LogP contribution is 2.29. The van der Waals surface area contributed by atoms with Crippen LogP contribution in [0.4, 0.5) is 0 Å². The summed E-state index contributed by atoms with van der Waals surface area (Å²) >= 11 is 11.7. The van der Waals surface area contributed by atoms with Crippen LogP contribution in [0.25, 0.3) is 0 Å². The van der Waals surface area contributed by atoms with Crippen molar-refractivity contribution >= 4 is 45.6 Å². The second kappa shape index (κ2) is 7.49. The lowest BCUT2D eigenvalue weighted by Gasteiger charge is -2.34. The van der Waals surface area contributed by atoms with Crippen molar-refractivity contribution in [2.45, 2.75) is 24.7 Å². The fraction of sp³-hybridized carbons (Fsp3) is 0.538. The summed E-state index contributed by atoms with van der Waals surface area (Å²) in [4.78, 5) is 0.0705. The van der Waals surface area contributed by atoms with Gasteiger partial charge in [0.15, 0.2) is 0 Å². The molecule has 1 aliphatic rings. The minimum absolute atomic E-state index is 0. The zero-order chi connectivity index (χ0) is 14.8. The SMILES string of the molecule is CC1(CNS(=O)(=O)c2ccc(Cl)cc2Cl)CCNCC1.Cl. The molecule has 0 unspecified atom stereocenters. The lowest BCUT2D eigenvalue weighted by atomic mass is 9.81. The van der Waals surface area contributed by atoms with Crippen LogP contribution in [0.5, 0.6) is 0 Å². The lowest BCUT2D eigenvalue weighted by Crippen LogP contribution is -2.42. The Bertz CT molecular complexity index is 587. The first-order chi connectivity index (χ1) is 9.32. The monoisotopic (exact) mass is 372 g/mol. The van der Waals surface area contributed by atoms with Crippen LogP contribution < -0.4 is 10.0 Å². The number of sulfonamides is 1. The topological polar surface area (TPSA) is 58.2 Å². The second-order valence-corrected chi connectivity index (χ2v) is 8.04. The Balaban J connectivity index is 0.00000220. The average Bonchev–Trinajstić information content (AvgIpc) is 2.37. The molecule has 0 saturated carbocycles. The van der Waals surface area contributed by atoms with Gasteiger partial charge in [-0.2, -0.15) is 0 Å². The molecule has 1 fully saturated rings. The Labute approximate surface area is 142 Å². The maximum Gasteiger partial charge on any atom is 0.242 e. The maximum absolute atomic E-state index is 12.3. The third-order valence-electron chi connectivity index (χ3n) is 3.68. The summed E-state index contributed by atoms with van der Waals surface area (Å²) in [5, 5.41) is 3.83. The first kappa shape index (κ1) is 19.0. The van der Waals surface area contributed by atoms with Crippen LogP contribution in [0.2, 0.25) is 10.0 Å². The summed E-state index contributed by atoms with van der Waals surface area (Å²) in [5.41, 5.74) is -0.0166. The standard InChI is InChI=1S/C13H18Cl2N2O2S.ClH/c1-13(4-6-16-7-5-13)9-17-20(18,19)12-3-2-10(14)8-11(12)15;/h2-3,8,16-17H,4-7,9H2,1H3;1H. The smallest absolute Gasteiger partial charge is 0.242 e. The van der Waals surface area contributed by atoms with Crippen LogP contribution in [0.15, 0.2) is 23.1 Å². The summed E-state index contributed by atoms with van der Waals surface area (Å²) in [5.74, 6) is 0. The van der Waals surface area contributed by atoms with Crippen LogP contribution in [0.3, 0.4) is 0 Å². The quantitative estimate of drug-likeness (QED) is 0.852. The third kappa shape index (κ3) is 4.98. The Kier molecular flexibility index (Phi) is 6.78.